The molecule has 0 aliphatic heterocycles. The van der Waals surface area contributed by atoms with Crippen molar-refractivity contribution in [1.82, 2.24) is 9.97 Å². The van der Waals surface area contributed by atoms with Crippen molar-refractivity contribution in [2.75, 3.05) is 0 Å². The Morgan fingerprint density at radius 3 is 2.64 bits per heavy atom. The lowest BCUT2D eigenvalue weighted by atomic mass is 10.2. The lowest BCUT2D eigenvalue weighted by molar-refractivity contribution is 0.306. The molecule has 124 valence electrons. The molecule has 1 aromatic heterocycles. The van der Waals surface area contributed by atoms with Crippen molar-refractivity contribution in [3.05, 3.63) is 82.3 Å². The van der Waals surface area contributed by atoms with E-state index in [2.05, 4.69) is 57.1 Å². The number of aryl methyl sites for hydroxylation is 1. The zero-order valence-corrected chi connectivity index (χ0v) is 15.4. The number of rotatable bonds is 4. The van der Waals surface area contributed by atoms with E-state index in [0.717, 1.165) is 38.2 Å². The second-order valence-electron chi connectivity index (χ2n) is 6.05. The number of H-pyrrole nitrogens is 1. The molecule has 0 aliphatic rings. The van der Waals surface area contributed by atoms with E-state index in [0.29, 0.717) is 6.61 Å². The van der Waals surface area contributed by atoms with Crippen LogP contribution in [0.15, 0.2) is 71.2 Å². The van der Waals surface area contributed by atoms with Crippen LogP contribution in [0.5, 0.6) is 5.75 Å². The van der Waals surface area contributed by atoms with Crippen molar-refractivity contribution in [2.24, 2.45) is 0 Å². The van der Waals surface area contributed by atoms with E-state index in [1.54, 1.807) is 0 Å². The number of imidazole rings is 1. The number of nitrogens with one attached hydrogen (secondary N) is 1. The van der Waals surface area contributed by atoms with E-state index in [1.165, 1.54) is 5.56 Å². The van der Waals surface area contributed by atoms with Gasteiger partial charge in [0.2, 0.25) is 0 Å². The largest absolute Gasteiger partial charge is 0.489 e. The maximum atomic E-state index is 5.86. The third kappa shape index (κ3) is 3.59. The van der Waals surface area contributed by atoms with Crippen molar-refractivity contribution in [1.29, 1.82) is 0 Å². The van der Waals surface area contributed by atoms with E-state index in [-0.39, 0.29) is 0 Å². The van der Waals surface area contributed by atoms with Crippen LogP contribution in [0.1, 0.15) is 11.1 Å². The molecule has 0 saturated heterocycles. The van der Waals surface area contributed by atoms with Crippen molar-refractivity contribution in [3.63, 3.8) is 0 Å². The van der Waals surface area contributed by atoms with Gasteiger partial charge in [-0.15, -0.1) is 0 Å². The first-order valence-corrected chi connectivity index (χ1v) is 8.91. The zero-order valence-electron chi connectivity index (χ0n) is 13.8. The molecule has 3 aromatic carbocycles. The van der Waals surface area contributed by atoms with Gasteiger partial charge in [0, 0.05) is 10.0 Å². The van der Waals surface area contributed by atoms with Crippen molar-refractivity contribution in [2.45, 2.75) is 13.5 Å². The summed E-state index contributed by atoms with van der Waals surface area (Å²) >= 11 is 3.48. The molecule has 25 heavy (non-hydrogen) atoms. The van der Waals surface area contributed by atoms with Gasteiger partial charge in [-0.05, 0) is 66.6 Å². The van der Waals surface area contributed by atoms with Crippen molar-refractivity contribution in [3.8, 4) is 17.1 Å². The molecule has 4 heteroatoms. The Labute approximate surface area is 154 Å². The Balaban J connectivity index is 1.50. The van der Waals surface area contributed by atoms with Gasteiger partial charge in [0.25, 0.3) is 0 Å². The Bertz CT molecular complexity index is 1020. The highest BCUT2D eigenvalue weighted by atomic mass is 79.9. The summed E-state index contributed by atoms with van der Waals surface area (Å²) in [6.45, 7) is 2.63. The van der Waals surface area contributed by atoms with Gasteiger partial charge in [0.1, 0.15) is 18.2 Å². The second-order valence-corrected chi connectivity index (χ2v) is 6.96. The molecule has 1 N–H and O–H groups in total. The van der Waals surface area contributed by atoms with E-state index in [4.69, 9.17) is 4.74 Å². The van der Waals surface area contributed by atoms with Gasteiger partial charge >= 0.3 is 0 Å². The summed E-state index contributed by atoms with van der Waals surface area (Å²) in [6.07, 6.45) is 0. The fourth-order valence-electron chi connectivity index (χ4n) is 2.76. The predicted molar refractivity (Wildman–Crippen MR) is 105 cm³/mol. The van der Waals surface area contributed by atoms with Gasteiger partial charge in [-0.2, -0.15) is 0 Å². The number of aromatic amines is 1. The van der Waals surface area contributed by atoms with Crippen molar-refractivity contribution >= 4 is 27.0 Å². The van der Waals surface area contributed by atoms with Gasteiger partial charge in [0.15, 0.2) is 0 Å². The number of fused-ring (bicyclic) bond motifs is 1. The summed E-state index contributed by atoms with van der Waals surface area (Å²) in [4.78, 5) is 8.03. The fraction of sp³-hybridized carbons (Fsp3) is 0.0952. The van der Waals surface area contributed by atoms with Gasteiger partial charge in [-0.25, -0.2) is 4.98 Å². The number of hydrogen-bond donors (Lipinski definition) is 1. The molecule has 0 unspecified atom stereocenters. The van der Waals surface area contributed by atoms with E-state index >= 15 is 0 Å². The third-order valence-electron chi connectivity index (χ3n) is 4.06. The number of halogens is 1. The highest BCUT2D eigenvalue weighted by molar-refractivity contribution is 9.10. The summed E-state index contributed by atoms with van der Waals surface area (Å²) in [5.41, 5.74) is 5.44. The molecule has 0 spiro atoms. The van der Waals surface area contributed by atoms with Crippen LogP contribution in [0.4, 0.5) is 0 Å². The monoisotopic (exact) mass is 392 g/mol. The predicted octanol–water partition coefficient (Wildman–Crippen LogP) is 5.88. The fourth-order valence-corrected chi connectivity index (χ4v) is 3.21. The first-order valence-electron chi connectivity index (χ1n) is 8.11. The average Bonchev–Trinajstić information content (AvgIpc) is 3.03. The lowest BCUT2D eigenvalue weighted by Crippen LogP contribution is -1.95. The lowest BCUT2D eigenvalue weighted by Gasteiger charge is -2.07. The van der Waals surface area contributed by atoms with Crippen LogP contribution in [0.2, 0.25) is 0 Å². The number of nitrogens with zero attached hydrogens (tertiary/aromatic N) is 1. The highest BCUT2D eigenvalue weighted by Crippen LogP contribution is 2.24. The van der Waals surface area contributed by atoms with Gasteiger partial charge < -0.3 is 9.72 Å². The minimum atomic E-state index is 0.544. The molecule has 0 aliphatic carbocycles. The Morgan fingerprint density at radius 1 is 1.00 bits per heavy atom. The molecule has 0 saturated carbocycles. The Kier molecular flexibility index (Phi) is 4.28. The summed E-state index contributed by atoms with van der Waals surface area (Å²) in [5, 5.41) is 0. The topological polar surface area (TPSA) is 37.9 Å². The van der Waals surface area contributed by atoms with Crippen LogP contribution < -0.4 is 4.74 Å². The van der Waals surface area contributed by atoms with Gasteiger partial charge in [-0.3, -0.25) is 0 Å². The van der Waals surface area contributed by atoms with Crippen LogP contribution in [0.3, 0.4) is 0 Å². The average molecular weight is 393 g/mol. The number of benzene rings is 3. The molecule has 0 amide bonds. The molecule has 4 rings (SSSR count). The molecule has 0 bridgehead atoms. The number of ether oxygens (including phenoxy) is 1. The van der Waals surface area contributed by atoms with Gasteiger partial charge in [0.05, 0.1) is 11.0 Å². The molecule has 1 heterocycles. The quantitative estimate of drug-likeness (QED) is 0.470. The van der Waals surface area contributed by atoms with Gasteiger partial charge in [-0.1, -0.05) is 34.1 Å². The molecule has 4 aromatic rings. The normalized spacial score (nSPS) is 11.0. The van der Waals surface area contributed by atoms with Crippen molar-refractivity contribution < 1.29 is 4.74 Å². The molecular formula is C21H17BrN2O. The Hall–Kier alpha value is -2.59. The first kappa shape index (κ1) is 15.9. The van der Waals surface area contributed by atoms with Crippen LogP contribution in [-0.2, 0) is 6.61 Å². The second kappa shape index (κ2) is 6.73. The summed E-state index contributed by atoms with van der Waals surface area (Å²) in [7, 11) is 0. The third-order valence-corrected chi connectivity index (χ3v) is 4.55. The highest BCUT2D eigenvalue weighted by Gasteiger charge is 2.06. The molecule has 0 atom stereocenters. The minimum absolute atomic E-state index is 0.544. The number of aromatic nitrogens is 2. The maximum absolute atomic E-state index is 5.86. The minimum Gasteiger partial charge on any atom is -0.489 e. The van der Waals surface area contributed by atoms with Crippen LogP contribution >= 0.6 is 15.9 Å². The number of hydrogen-bond acceptors (Lipinski definition) is 2. The van der Waals surface area contributed by atoms with Crippen LogP contribution in [0.25, 0.3) is 22.4 Å². The summed E-state index contributed by atoms with van der Waals surface area (Å²) < 4.78 is 6.92. The Morgan fingerprint density at radius 2 is 1.84 bits per heavy atom. The molecule has 0 fully saturated rings. The summed E-state index contributed by atoms with van der Waals surface area (Å²) in [6, 6.07) is 22.4. The zero-order chi connectivity index (χ0) is 17.2. The molecule has 3 nitrogen and oxygen atoms in total. The standard InChI is InChI=1S/C21H17BrN2O/c1-14-5-10-19-20(11-14)24-21(23-19)16-6-8-18(9-7-16)25-13-15-3-2-4-17(22)12-15/h2-12H,13H2,1H3,(H,23,24). The van der Waals surface area contributed by atoms with Crippen LogP contribution in [-0.4, -0.2) is 9.97 Å². The molecule has 0 radical (unpaired) electrons. The van der Waals surface area contributed by atoms with E-state index in [1.807, 2.05) is 42.5 Å². The smallest absolute Gasteiger partial charge is 0.138 e. The SMILES string of the molecule is Cc1ccc2nc(-c3ccc(OCc4cccc(Br)c4)cc3)[nH]c2c1. The van der Waals surface area contributed by atoms with Crippen LogP contribution in [0, 0.1) is 6.92 Å². The van der Waals surface area contributed by atoms with E-state index < -0.39 is 0 Å². The molecular weight excluding hydrogens is 376 g/mol. The first-order chi connectivity index (χ1) is 12.2. The van der Waals surface area contributed by atoms with E-state index in [9.17, 15) is 0 Å². The maximum Gasteiger partial charge on any atom is 0.138 e. The summed E-state index contributed by atoms with van der Waals surface area (Å²) in [5.74, 6) is 1.72.